The Morgan fingerprint density at radius 3 is 2.28 bits per heavy atom. The van der Waals surface area contributed by atoms with Gasteiger partial charge in [-0.1, -0.05) is 37.6 Å². The van der Waals surface area contributed by atoms with Crippen LogP contribution >= 0.6 is 0 Å². The number of amides is 1. The van der Waals surface area contributed by atoms with Crippen molar-refractivity contribution in [3.63, 3.8) is 0 Å². The van der Waals surface area contributed by atoms with Crippen LogP contribution in [0.3, 0.4) is 0 Å². The second-order valence-electron chi connectivity index (χ2n) is 6.50. The number of nitrogens with one attached hydrogen (secondary N) is 2. The van der Waals surface area contributed by atoms with Gasteiger partial charge in [0.15, 0.2) is 0 Å². The molecular weight excluding hydrogens is 336 g/mol. The Hall–Kier alpha value is -2.34. The number of benzene rings is 2. The Labute approximate surface area is 149 Å². The van der Waals surface area contributed by atoms with E-state index in [1.165, 1.54) is 0 Å². The van der Waals surface area contributed by atoms with E-state index in [1.54, 1.807) is 49.4 Å². The third-order valence-electron chi connectivity index (χ3n) is 3.82. The summed E-state index contributed by atoms with van der Waals surface area (Å²) in [5.41, 5.74) is 2.45. The van der Waals surface area contributed by atoms with Crippen molar-refractivity contribution in [3.8, 4) is 0 Å². The lowest BCUT2D eigenvalue weighted by molar-refractivity contribution is 0.0948. The first-order valence-electron chi connectivity index (χ1n) is 8.18. The molecule has 0 atom stereocenters. The zero-order chi connectivity index (χ0) is 18.6. The van der Waals surface area contributed by atoms with Gasteiger partial charge in [-0.15, -0.1) is 0 Å². The maximum Gasteiger partial charge on any atom is 0.261 e. The summed E-state index contributed by atoms with van der Waals surface area (Å²) in [6, 6.07) is 11.6. The number of aryl methyl sites for hydroxylation is 1. The van der Waals surface area contributed by atoms with Crippen molar-refractivity contribution in [2.24, 2.45) is 5.92 Å². The first-order chi connectivity index (χ1) is 11.7. The lowest BCUT2D eigenvalue weighted by Crippen LogP contribution is -2.28. The van der Waals surface area contributed by atoms with Crippen LogP contribution in [0.5, 0.6) is 0 Å². The highest BCUT2D eigenvalue weighted by atomic mass is 32.2. The molecule has 0 aromatic heterocycles. The molecule has 2 N–H and O–H groups in total. The largest absolute Gasteiger partial charge is 0.352 e. The fourth-order valence-corrected chi connectivity index (χ4v) is 3.43. The summed E-state index contributed by atoms with van der Waals surface area (Å²) < 4.78 is 27.7. The Kier molecular flexibility index (Phi) is 5.85. The first kappa shape index (κ1) is 19.0. The van der Waals surface area contributed by atoms with Gasteiger partial charge in [-0.25, -0.2) is 8.42 Å². The van der Waals surface area contributed by atoms with E-state index in [1.807, 2.05) is 20.8 Å². The molecule has 134 valence electrons. The van der Waals surface area contributed by atoms with Crippen molar-refractivity contribution in [2.75, 3.05) is 11.3 Å². The number of hydrogen-bond acceptors (Lipinski definition) is 3. The maximum absolute atomic E-state index is 12.5. The minimum atomic E-state index is -3.70. The lowest BCUT2D eigenvalue weighted by atomic mass is 10.1. The fourth-order valence-electron chi connectivity index (χ4n) is 2.31. The first-order valence-corrected chi connectivity index (χ1v) is 9.66. The van der Waals surface area contributed by atoms with Gasteiger partial charge in [0.2, 0.25) is 0 Å². The molecule has 0 saturated carbocycles. The SMILES string of the molecule is Cc1ccc(S(=O)(=O)Nc2cccc(C(=O)NCC(C)C)c2C)cc1. The molecule has 25 heavy (non-hydrogen) atoms. The molecule has 0 unspecified atom stereocenters. The predicted octanol–water partition coefficient (Wildman–Crippen LogP) is 3.49. The van der Waals surface area contributed by atoms with Crippen molar-refractivity contribution in [1.82, 2.24) is 5.32 Å². The molecule has 0 spiro atoms. The summed E-state index contributed by atoms with van der Waals surface area (Å²) in [4.78, 5) is 12.5. The Morgan fingerprint density at radius 2 is 1.68 bits per heavy atom. The highest BCUT2D eigenvalue weighted by Crippen LogP contribution is 2.23. The average Bonchev–Trinajstić information content (AvgIpc) is 2.55. The topological polar surface area (TPSA) is 75.3 Å². The molecule has 0 aliphatic rings. The van der Waals surface area contributed by atoms with E-state index in [4.69, 9.17) is 0 Å². The molecule has 0 saturated heterocycles. The molecule has 2 rings (SSSR count). The third-order valence-corrected chi connectivity index (χ3v) is 5.21. The van der Waals surface area contributed by atoms with Gasteiger partial charge in [0.1, 0.15) is 0 Å². The highest BCUT2D eigenvalue weighted by Gasteiger charge is 2.18. The Balaban J connectivity index is 2.27. The van der Waals surface area contributed by atoms with E-state index in [0.29, 0.717) is 29.3 Å². The standard InChI is InChI=1S/C19H24N2O3S/c1-13(2)12-20-19(22)17-6-5-7-18(15(17)4)21-25(23,24)16-10-8-14(3)9-11-16/h5-11,13,21H,12H2,1-4H3,(H,20,22). The van der Waals surface area contributed by atoms with Gasteiger partial charge < -0.3 is 5.32 Å². The third kappa shape index (κ3) is 4.82. The molecule has 0 radical (unpaired) electrons. The summed E-state index contributed by atoms with van der Waals surface area (Å²) in [6.07, 6.45) is 0. The summed E-state index contributed by atoms with van der Waals surface area (Å²) in [6.45, 7) is 8.22. The van der Waals surface area contributed by atoms with Crippen molar-refractivity contribution < 1.29 is 13.2 Å². The molecule has 2 aromatic rings. The normalized spacial score (nSPS) is 11.4. The lowest BCUT2D eigenvalue weighted by Gasteiger charge is -2.14. The van der Waals surface area contributed by atoms with E-state index in [0.717, 1.165) is 5.56 Å². The maximum atomic E-state index is 12.5. The van der Waals surface area contributed by atoms with Crippen molar-refractivity contribution in [3.05, 3.63) is 59.2 Å². The fraction of sp³-hybridized carbons (Fsp3) is 0.316. The predicted molar refractivity (Wildman–Crippen MR) is 100 cm³/mol. The molecule has 0 aliphatic carbocycles. The molecule has 0 fully saturated rings. The van der Waals surface area contributed by atoms with Gasteiger partial charge in [0.05, 0.1) is 10.6 Å². The van der Waals surface area contributed by atoms with E-state index >= 15 is 0 Å². The van der Waals surface area contributed by atoms with Crippen molar-refractivity contribution >= 4 is 21.6 Å². The van der Waals surface area contributed by atoms with Gasteiger partial charge in [0, 0.05) is 12.1 Å². The van der Waals surface area contributed by atoms with Crippen LogP contribution in [-0.4, -0.2) is 20.9 Å². The van der Waals surface area contributed by atoms with Crippen LogP contribution < -0.4 is 10.0 Å². The number of carbonyl (C=O) groups excluding carboxylic acids is 1. The highest BCUT2D eigenvalue weighted by molar-refractivity contribution is 7.92. The monoisotopic (exact) mass is 360 g/mol. The van der Waals surface area contributed by atoms with E-state index < -0.39 is 10.0 Å². The zero-order valence-electron chi connectivity index (χ0n) is 15.0. The van der Waals surface area contributed by atoms with Crippen LogP contribution in [-0.2, 0) is 10.0 Å². The molecule has 0 aliphatic heterocycles. The van der Waals surface area contributed by atoms with Crippen LogP contribution in [0.25, 0.3) is 0 Å². The van der Waals surface area contributed by atoms with Crippen LogP contribution in [0.15, 0.2) is 47.4 Å². The van der Waals surface area contributed by atoms with Crippen molar-refractivity contribution in [1.29, 1.82) is 0 Å². The van der Waals surface area contributed by atoms with Gasteiger partial charge in [-0.3, -0.25) is 9.52 Å². The zero-order valence-corrected chi connectivity index (χ0v) is 15.8. The second-order valence-corrected chi connectivity index (χ2v) is 8.18. The van der Waals surface area contributed by atoms with Gasteiger partial charge in [0.25, 0.3) is 15.9 Å². The molecular formula is C19H24N2O3S. The molecule has 6 heteroatoms. The van der Waals surface area contributed by atoms with Crippen LogP contribution in [0.4, 0.5) is 5.69 Å². The van der Waals surface area contributed by atoms with Crippen LogP contribution in [0, 0.1) is 19.8 Å². The van der Waals surface area contributed by atoms with E-state index in [-0.39, 0.29) is 10.8 Å². The minimum Gasteiger partial charge on any atom is -0.352 e. The summed E-state index contributed by atoms with van der Waals surface area (Å²) in [5, 5.41) is 2.85. The minimum absolute atomic E-state index is 0.187. The molecule has 2 aromatic carbocycles. The average molecular weight is 360 g/mol. The summed E-state index contributed by atoms with van der Waals surface area (Å²) >= 11 is 0. The van der Waals surface area contributed by atoms with E-state index in [9.17, 15) is 13.2 Å². The molecule has 0 bridgehead atoms. The molecule has 1 amide bonds. The Bertz CT molecular complexity index is 857. The number of anilines is 1. The van der Waals surface area contributed by atoms with Gasteiger partial charge in [-0.2, -0.15) is 0 Å². The van der Waals surface area contributed by atoms with Crippen LogP contribution in [0.1, 0.15) is 35.3 Å². The number of sulfonamides is 1. The Morgan fingerprint density at radius 1 is 1.04 bits per heavy atom. The van der Waals surface area contributed by atoms with Gasteiger partial charge in [-0.05, 0) is 49.6 Å². The number of rotatable bonds is 6. The molecule has 0 heterocycles. The summed E-state index contributed by atoms with van der Waals surface area (Å²) in [5.74, 6) is 0.134. The quantitative estimate of drug-likeness (QED) is 0.828. The van der Waals surface area contributed by atoms with E-state index in [2.05, 4.69) is 10.0 Å². The number of hydrogen-bond donors (Lipinski definition) is 2. The van der Waals surface area contributed by atoms with Crippen LogP contribution in [0.2, 0.25) is 0 Å². The summed E-state index contributed by atoms with van der Waals surface area (Å²) in [7, 11) is -3.70. The van der Waals surface area contributed by atoms with Crippen molar-refractivity contribution in [2.45, 2.75) is 32.6 Å². The number of carbonyl (C=O) groups is 1. The second kappa shape index (κ2) is 7.70. The van der Waals surface area contributed by atoms with Gasteiger partial charge >= 0.3 is 0 Å². The smallest absolute Gasteiger partial charge is 0.261 e. The molecule has 5 nitrogen and oxygen atoms in total.